The summed E-state index contributed by atoms with van der Waals surface area (Å²) in [4.78, 5) is 15.2. The number of hydrogen-bond donors (Lipinski definition) is 1. The van der Waals surface area contributed by atoms with Crippen LogP contribution in [0.2, 0.25) is 0 Å². The highest BCUT2D eigenvalue weighted by Crippen LogP contribution is 2.44. The first kappa shape index (κ1) is 25.5. The van der Waals surface area contributed by atoms with Gasteiger partial charge in [-0.25, -0.2) is 24.3 Å². The number of thiazole rings is 1. The first-order valence-electron chi connectivity index (χ1n) is 13.6. The van der Waals surface area contributed by atoms with E-state index < -0.39 is 0 Å². The molecule has 1 atom stereocenters. The Morgan fingerprint density at radius 1 is 1.02 bits per heavy atom. The van der Waals surface area contributed by atoms with Crippen LogP contribution in [0.3, 0.4) is 0 Å². The summed E-state index contributed by atoms with van der Waals surface area (Å²) in [6.45, 7) is 2.00. The largest absolute Gasteiger partial charge is 0.492 e. The highest BCUT2D eigenvalue weighted by molar-refractivity contribution is 7.16. The zero-order chi connectivity index (χ0) is 28.9. The monoisotopic (exact) mass is 601 g/mol. The van der Waals surface area contributed by atoms with Gasteiger partial charge in [0.25, 0.3) is 0 Å². The molecule has 0 saturated heterocycles. The van der Waals surface area contributed by atoms with Crippen LogP contribution in [0.25, 0.3) is 23.7 Å². The lowest BCUT2D eigenvalue weighted by Crippen LogP contribution is -2.21. The standard InChI is InChI=1S/C31H23N9OS2/c1-19-28(30(38-18-32-17-33-38)39(36-19)22-9-3-2-4-10-22)25-16-24(26-12-7-13-42-26)37-40(25)31-35-29(41)27(43-31)15-21-14-20-8-5-6-11-23(20)34-21/h2-15,17-18,25,41H,16H2,1H3. The summed E-state index contributed by atoms with van der Waals surface area (Å²) in [7, 11) is 0. The van der Waals surface area contributed by atoms with Crippen LogP contribution < -0.4 is 15.6 Å². The summed E-state index contributed by atoms with van der Waals surface area (Å²) in [5.74, 6) is 0.720. The molecule has 2 aliphatic rings. The fourth-order valence-electron chi connectivity index (χ4n) is 5.46. The third kappa shape index (κ3) is 4.47. The number of nitrogens with zero attached hydrogens (tertiary/aromatic N) is 9. The number of aromatic hydroxyl groups is 1. The fourth-order valence-corrected chi connectivity index (χ4v) is 7.09. The molecule has 2 aromatic carbocycles. The van der Waals surface area contributed by atoms with Crippen molar-refractivity contribution in [2.45, 2.75) is 19.4 Å². The second-order valence-electron chi connectivity index (χ2n) is 10.1. The van der Waals surface area contributed by atoms with Gasteiger partial charge in [-0.15, -0.1) is 11.3 Å². The number of para-hydroxylation sites is 2. The molecule has 0 aliphatic carbocycles. The van der Waals surface area contributed by atoms with Gasteiger partial charge in [-0.05, 0) is 48.7 Å². The van der Waals surface area contributed by atoms with Crippen LogP contribution in [0.1, 0.15) is 33.5 Å². The van der Waals surface area contributed by atoms with Crippen molar-refractivity contribution in [3.63, 3.8) is 0 Å². The lowest BCUT2D eigenvalue weighted by atomic mass is 10.0. The van der Waals surface area contributed by atoms with E-state index in [1.807, 2.05) is 94.8 Å². The van der Waals surface area contributed by atoms with Gasteiger partial charge in [-0.1, -0.05) is 53.8 Å². The maximum absolute atomic E-state index is 11.0. The fraction of sp³-hybridized carbons (Fsp3) is 0.0968. The van der Waals surface area contributed by atoms with Gasteiger partial charge in [0.2, 0.25) is 11.0 Å². The predicted octanol–water partition coefficient (Wildman–Crippen LogP) is 4.80. The number of hydrogen-bond acceptors (Lipinski definition) is 10. The highest BCUT2D eigenvalue weighted by atomic mass is 32.1. The average molecular weight is 602 g/mol. The summed E-state index contributed by atoms with van der Waals surface area (Å²) in [5.41, 5.74) is 4.41. The number of benzene rings is 2. The number of hydrazone groups is 1. The van der Waals surface area contributed by atoms with Crippen molar-refractivity contribution < 1.29 is 5.11 Å². The van der Waals surface area contributed by atoms with Crippen molar-refractivity contribution in [2.75, 3.05) is 5.01 Å². The van der Waals surface area contributed by atoms with Crippen LogP contribution in [0.4, 0.5) is 5.13 Å². The van der Waals surface area contributed by atoms with Crippen molar-refractivity contribution in [1.82, 2.24) is 29.5 Å². The van der Waals surface area contributed by atoms with Crippen LogP contribution in [-0.4, -0.2) is 40.3 Å². The predicted molar refractivity (Wildman–Crippen MR) is 167 cm³/mol. The molecule has 0 saturated carbocycles. The summed E-state index contributed by atoms with van der Waals surface area (Å²) in [6, 6.07) is 21.8. The molecule has 43 heavy (non-hydrogen) atoms. The smallest absolute Gasteiger partial charge is 0.231 e. The second-order valence-corrected chi connectivity index (χ2v) is 12.0. The van der Waals surface area contributed by atoms with Gasteiger partial charge in [-0.2, -0.15) is 20.3 Å². The molecule has 0 amide bonds. The Balaban J connectivity index is 1.26. The summed E-state index contributed by atoms with van der Waals surface area (Å²) >= 11 is 3.02. The normalized spacial score (nSPS) is 16.8. The Morgan fingerprint density at radius 3 is 2.67 bits per heavy atom. The Hall–Kier alpha value is -5.20. The quantitative estimate of drug-likeness (QED) is 0.294. The molecule has 6 heterocycles. The van der Waals surface area contributed by atoms with Crippen molar-refractivity contribution in [1.29, 1.82) is 0 Å². The average Bonchev–Trinajstić information content (AvgIpc) is 3.85. The number of thiophene rings is 1. The Bertz CT molecular complexity index is 2110. The van der Waals surface area contributed by atoms with E-state index in [1.54, 1.807) is 22.3 Å². The maximum atomic E-state index is 11.0. The lowest BCUT2D eigenvalue weighted by Gasteiger charge is -2.22. The van der Waals surface area contributed by atoms with E-state index in [9.17, 15) is 5.11 Å². The molecule has 4 aromatic heterocycles. The van der Waals surface area contributed by atoms with E-state index in [-0.39, 0.29) is 11.9 Å². The molecule has 2 aliphatic heterocycles. The highest BCUT2D eigenvalue weighted by Gasteiger charge is 2.38. The molecule has 0 spiro atoms. The Morgan fingerprint density at radius 2 is 1.88 bits per heavy atom. The number of allylic oxidation sites excluding steroid dienone is 1. The van der Waals surface area contributed by atoms with Crippen molar-refractivity contribution in [3.8, 4) is 17.4 Å². The van der Waals surface area contributed by atoms with Gasteiger partial charge >= 0.3 is 0 Å². The molecule has 0 bridgehead atoms. The number of rotatable bonds is 6. The van der Waals surface area contributed by atoms with E-state index in [0.29, 0.717) is 16.4 Å². The van der Waals surface area contributed by atoms with Crippen LogP contribution in [0.5, 0.6) is 5.88 Å². The van der Waals surface area contributed by atoms with Crippen LogP contribution in [-0.2, 0) is 0 Å². The molecule has 10 nitrogen and oxygen atoms in total. The van der Waals surface area contributed by atoms with E-state index >= 15 is 0 Å². The molecule has 1 N–H and O–H groups in total. The van der Waals surface area contributed by atoms with Gasteiger partial charge in [0.15, 0.2) is 5.82 Å². The molecule has 12 heteroatoms. The SMILES string of the molecule is Cc1nn(-c2ccccc2)c(-n2cncn2)c1C1CC(c2cccs2)=NN1c1nc(O)c(C=C2C=c3ccccc3=N2)s1. The van der Waals surface area contributed by atoms with Crippen LogP contribution in [0.15, 0.2) is 101 Å². The molecule has 1 unspecified atom stereocenters. The topological polar surface area (TPSA) is 110 Å². The minimum Gasteiger partial charge on any atom is -0.492 e. The first-order valence-corrected chi connectivity index (χ1v) is 15.3. The van der Waals surface area contributed by atoms with Gasteiger partial charge in [0.05, 0.1) is 43.9 Å². The molecule has 210 valence electrons. The maximum Gasteiger partial charge on any atom is 0.231 e. The van der Waals surface area contributed by atoms with Crippen molar-refractivity contribution in [3.05, 3.63) is 122 Å². The molecule has 0 fully saturated rings. The molecule has 8 rings (SSSR count). The Kier molecular flexibility index (Phi) is 6.09. The summed E-state index contributed by atoms with van der Waals surface area (Å²) < 4.78 is 3.64. The summed E-state index contributed by atoms with van der Waals surface area (Å²) in [6.07, 6.45) is 7.69. The summed E-state index contributed by atoms with van der Waals surface area (Å²) in [5, 5.41) is 32.0. The molecule has 0 radical (unpaired) electrons. The molecular formula is C31H23N9OS2. The minimum atomic E-state index is -0.258. The molecular weight excluding hydrogens is 579 g/mol. The van der Waals surface area contributed by atoms with Crippen LogP contribution >= 0.6 is 22.7 Å². The number of anilines is 1. The van der Waals surface area contributed by atoms with Crippen LogP contribution in [0, 0.1) is 6.92 Å². The van der Waals surface area contributed by atoms with E-state index in [0.717, 1.165) is 49.6 Å². The number of fused-ring (bicyclic) bond motifs is 1. The van der Waals surface area contributed by atoms with E-state index in [4.69, 9.17) is 15.2 Å². The Labute approximate surface area is 253 Å². The minimum absolute atomic E-state index is 0.0567. The lowest BCUT2D eigenvalue weighted by molar-refractivity contribution is 0.455. The molecule has 6 aromatic rings. The van der Waals surface area contributed by atoms with Gasteiger partial charge < -0.3 is 5.11 Å². The number of aromatic nitrogens is 6. The third-order valence-electron chi connectivity index (χ3n) is 7.35. The zero-order valence-electron chi connectivity index (χ0n) is 22.8. The zero-order valence-corrected chi connectivity index (χ0v) is 24.4. The number of aryl methyl sites for hydroxylation is 1. The van der Waals surface area contributed by atoms with E-state index in [1.165, 1.54) is 17.7 Å². The van der Waals surface area contributed by atoms with Gasteiger partial charge in [-0.3, -0.25) is 0 Å². The van der Waals surface area contributed by atoms with E-state index in [2.05, 4.69) is 21.1 Å². The van der Waals surface area contributed by atoms with Gasteiger partial charge in [0.1, 0.15) is 12.7 Å². The van der Waals surface area contributed by atoms with Gasteiger partial charge in [0, 0.05) is 17.2 Å². The third-order valence-corrected chi connectivity index (χ3v) is 9.25. The van der Waals surface area contributed by atoms with Crippen molar-refractivity contribution >= 4 is 45.7 Å². The first-order chi connectivity index (χ1) is 21.1. The van der Waals surface area contributed by atoms with Crippen molar-refractivity contribution in [2.24, 2.45) is 10.1 Å². The second kappa shape index (κ2) is 10.3.